The third-order valence-corrected chi connectivity index (χ3v) is 3.36. The zero-order chi connectivity index (χ0) is 15.2. The first kappa shape index (κ1) is 15.4. The predicted octanol–water partition coefficient (Wildman–Crippen LogP) is 2.59. The number of hydrogen-bond acceptors (Lipinski definition) is 3. The van der Waals surface area contributed by atoms with E-state index in [1.807, 2.05) is 0 Å². The van der Waals surface area contributed by atoms with Gasteiger partial charge in [0.2, 0.25) is 0 Å². The number of nitrogens with two attached hydrogens (primary N) is 1. The summed E-state index contributed by atoms with van der Waals surface area (Å²) in [6.07, 6.45) is 0.990. The number of benzene rings is 2. The third-order valence-electron chi connectivity index (χ3n) is 3.36. The highest BCUT2D eigenvalue weighted by molar-refractivity contribution is 5.32. The van der Waals surface area contributed by atoms with Crippen molar-refractivity contribution in [3.8, 4) is 5.75 Å². The van der Waals surface area contributed by atoms with Gasteiger partial charge in [0.25, 0.3) is 0 Å². The van der Waals surface area contributed by atoms with Crippen molar-refractivity contribution in [2.45, 2.75) is 18.9 Å². The molecular formula is C16H18F2N2O. The van der Waals surface area contributed by atoms with Crippen LogP contribution in [0.2, 0.25) is 0 Å². The molecule has 0 spiro atoms. The van der Waals surface area contributed by atoms with E-state index in [-0.39, 0.29) is 23.4 Å². The molecule has 21 heavy (non-hydrogen) atoms. The fraction of sp³-hybridized carbons (Fsp3) is 0.250. The zero-order valence-electron chi connectivity index (χ0n) is 11.8. The fourth-order valence-corrected chi connectivity index (χ4v) is 2.23. The maximum Gasteiger partial charge on any atom is 0.168 e. The van der Waals surface area contributed by atoms with Gasteiger partial charge in [-0.15, -0.1) is 0 Å². The number of methoxy groups -OCH3 is 1. The van der Waals surface area contributed by atoms with Gasteiger partial charge in [-0.25, -0.2) is 8.78 Å². The molecule has 0 aliphatic rings. The first-order valence-electron chi connectivity index (χ1n) is 6.66. The molecule has 5 heteroatoms. The molecule has 0 saturated carbocycles. The van der Waals surface area contributed by atoms with Crippen LogP contribution in [0, 0.1) is 11.6 Å². The van der Waals surface area contributed by atoms with E-state index < -0.39 is 0 Å². The van der Waals surface area contributed by atoms with Crippen molar-refractivity contribution in [2.24, 2.45) is 5.84 Å². The van der Waals surface area contributed by atoms with E-state index in [1.165, 1.54) is 19.2 Å². The second kappa shape index (κ2) is 7.15. The number of hydrazine groups is 1. The molecule has 0 aliphatic carbocycles. The second-order valence-electron chi connectivity index (χ2n) is 4.83. The van der Waals surface area contributed by atoms with E-state index >= 15 is 0 Å². The molecule has 2 aromatic rings. The van der Waals surface area contributed by atoms with Crippen molar-refractivity contribution in [1.29, 1.82) is 0 Å². The Bertz CT molecular complexity index is 587. The van der Waals surface area contributed by atoms with Crippen molar-refractivity contribution in [3.63, 3.8) is 0 Å². The van der Waals surface area contributed by atoms with Gasteiger partial charge in [-0.05, 0) is 42.2 Å². The van der Waals surface area contributed by atoms with E-state index in [4.69, 9.17) is 10.6 Å². The molecule has 0 heterocycles. The minimum atomic E-state index is -0.376. The summed E-state index contributed by atoms with van der Waals surface area (Å²) in [6, 6.07) is 11.0. The summed E-state index contributed by atoms with van der Waals surface area (Å²) < 4.78 is 32.0. The van der Waals surface area contributed by atoms with Crippen LogP contribution >= 0.6 is 0 Å². The van der Waals surface area contributed by atoms with Crippen LogP contribution in [0.25, 0.3) is 0 Å². The first-order chi connectivity index (χ1) is 10.1. The molecule has 0 fully saturated rings. The lowest BCUT2D eigenvalue weighted by molar-refractivity contribution is 0.382. The summed E-state index contributed by atoms with van der Waals surface area (Å²) in [5.74, 6) is 5.10. The SMILES string of the molecule is COc1cccc(CC(Cc2ccc(F)cc2)NN)c1F. The molecule has 2 aromatic carbocycles. The lowest BCUT2D eigenvalue weighted by atomic mass is 9.99. The topological polar surface area (TPSA) is 47.3 Å². The van der Waals surface area contributed by atoms with E-state index in [2.05, 4.69) is 5.43 Å². The monoisotopic (exact) mass is 292 g/mol. The fourth-order valence-electron chi connectivity index (χ4n) is 2.23. The Morgan fingerprint density at radius 3 is 2.43 bits per heavy atom. The predicted molar refractivity (Wildman–Crippen MR) is 77.9 cm³/mol. The summed E-state index contributed by atoms with van der Waals surface area (Å²) in [6.45, 7) is 0. The molecule has 112 valence electrons. The number of nitrogens with one attached hydrogen (secondary N) is 1. The molecule has 0 amide bonds. The second-order valence-corrected chi connectivity index (χ2v) is 4.83. The number of hydrogen-bond donors (Lipinski definition) is 2. The van der Waals surface area contributed by atoms with Crippen molar-refractivity contribution in [3.05, 3.63) is 65.2 Å². The van der Waals surface area contributed by atoms with Crippen molar-refractivity contribution < 1.29 is 13.5 Å². The lowest BCUT2D eigenvalue weighted by Crippen LogP contribution is -2.38. The van der Waals surface area contributed by atoms with Gasteiger partial charge >= 0.3 is 0 Å². The van der Waals surface area contributed by atoms with Crippen LogP contribution in [0.3, 0.4) is 0 Å². The normalized spacial score (nSPS) is 12.2. The van der Waals surface area contributed by atoms with Crippen molar-refractivity contribution >= 4 is 0 Å². The van der Waals surface area contributed by atoms with E-state index in [0.717, 1.165) is 5.56 Å². The lowest BCUT2D eigenvalue weighted by Gasteiger charge is -2.17. The average Bonchev–Trinajstić information content (AvgIpc) is 2.50. The van der Waals surface area contributed by atoms with Gasteiger partial charge in [0.15, 0.2) is 11.6 Å². The quantitative estimate of drug-likeness (QED) is 0.635. The van der Waals surface area contributed by atoms with Crippen molar-refractivity contribution in [1.82, 2.24) is 5.43 Å². The number of halogens is 2. The van der Waals surface area contributed by atoms with Gasteiger partial charge in [-0.1, -0.05) is 24.3 Å². The average molecular weight is 292 g/mol. The maximum absolute atomic E-state index is 14.1. The molecule has 0 aromatic heterocycles. The largest absolute Gasteiger partial charge is 0.494 e. The summed E-state index contributed by atoms with van der Waals surface area (Å²) in [4.78, 5) is 0. The molecular weight excluding hydrogens is 274 g/mol. The van der Waals surface area contributed by atoms with Crippen LogP contribution in [-0.2, 0) is 12.8 Å². The van der Waals surface area contributed by atoms with Gasteiger partial charge < -0.3 is 4.74 Å². The Hall–Kier alpha value is -1.98. The molecule has 1 unspecified atom stereocenters. The summed E-state index contributed by atoms with van der Waals surface area (Å²) >= 11 is 0. The molecule has 0 radical (unpaired) electrons. The highest BCUT2D eigenvalue weighted by Crippen LogP contribution is 2.21. The number of rotatable bonds is 6. The van der Waals surface area contributed by atoms with Crippen LogP contribution in [0.5, 0.6) is 5.75 Å². The smallest absolute Gasteiger partial charge is 0.168 e. The van der Waals surface area contributed by atoms with Gasteiger partial charge in [-0.3, -0.25) is 11.3 Å². The Morgan fingerprint density at radius 1 is 1.10 bits per heavy atom. The molecule has 0 saturated heterocycles. The Balaban J connectivity index is 2.10. The standard InChI is InChI=1S/C16H18F2N2O/c1-21-15-4-2-3-12(16(15)18)10-14(20-19)9-11-5-7-13(17)8-6-11/h2-8,14,20H,9-10,19H2,1H3. The number of ether oxygens (including phenoxy) is 1. The Morgan fingerprint density at radius 2 is 1.81 bits per heavy atom. The van der Waals surface area contributed by atoms with Crippen LogP contribution < -0.4 is 16.0 Å². The molecule has 0 bridgehead atoms. The van der Waals surface area contributed by atoms with E-state index in [0.29, 0.717) is 18.4 Å². The molecule has 2 rings (SSSR count). The van der Waals surface area contributed by atoms with E-state index in [9.17, 15) is 8.78 Å². The maximum atomic E-state index is 14.1. The minimum Gasteiger partial charge on any atom is -0.494 e. The molecule has 0 aliphatic heterocycles. The first-order valence-corrected chi connectivity index (χ1v) is 6.66. The highest BCUT2D eigenvalue weighted by atomic mass is 19.1. The summed E-state index contributed by atoms with van der Waals surface area (Å²) in [5, 5.41) is 0. The Labute approximate surface area is 122 Å². The third kappa shape index (κ3) is 4.00. The van der Waals surface area contributed by atoms with Gasteiger partial charge in [0.1, 0.15) is 5.82 Å². The van der Waals surface area contributed by atoms with Gasteiger partial charge in [-0.2, -0.15) is 0 Å². The molecule has 3 nitrogen and oxygen atoms in total. The van der Waals surface area contributed by atoms with Gasteiger partial charge in [0, 0.05) is 6.04 Å². The van der Waals surface area contributed by atoms with E-state index in [1.54, 1.807) is 30.3 Å². The molecule has 3 N–H and O–H groups in total. The van der Waals surface area contributed by atoms with Gasteiger partial charge in [0.05, 0.1) is 7.11 Å². The van der Waals surface area contributed by atoms with Crippen LogP contribution in [0.4, 0.5) is 8.78 Å². The van der Waals surface area contributed by atoms with Crippen LogP contribution in [-0.4, -0.2) is 13.2 Å². The molecule has 1 atom stereocenters. The Kier molecular flexibility index (Phi) is 5.25. The van der Waals surface area contributed by atoms with Crippen molar-refractivity contribution in [2.75, 3.05) is 7.11 Å². The van der Waals surface area contributed by atoms with Crippen LogP contribution in [0.15, 0.2) is 42.5 Å². The summed E-state index contributed by atoms with van der Waals surface area (Å²) in [7, 11) is 1.43. The summed E-state index contributed by atoms with van der Waals surface area (Å²) in [5.41, 5.74) is 4.14. The van der Waals surface area contributed by atoms with Crippen LogP contribution in [0.1, 0.15) is 11.1 Å². The zero-order valence-corrected chi connectivity index (χ0v) is 11.8. The minimum absolute atomic E-state index is 0.155. The highest BCUT2D eigenvalue weighted by Gasteiger charge is 2.14.